The van der Waals surface area contributed by atoms with Gasteiger partial charge in [-0.15, -0.1) is 0 Å². The summed E-state index contributed by atoms with van der Waals surface area (Å²) in [7, 11) is 0. The molecule has 0 spiro atoms. The van der Waals surface area contributed by atoms with Crippen molar-refractivity contribution in [2.24, 2.45) is 0 Å². The van der Waals surface area contributed by atoms with E-state index in [9.17, 15) is 9.59 Å². The van der Waals surface area contributed by atoms with Gasteiger partial charge in [0.15, 0.2) is 5.16 Å². The number of carbonyl (C=O) groups excluding carboxylic acids is 1. The molecule has 7 heteroatoms. The van der Waals surface area contributed by atoms with Crippen LogP contribution >= 0.6 is 11.8 Å². The molecule has 1 saturated heterocycles. The average Bonchev–Trinajstić information content (AvgIpc) is 3.06. The van der Waals surface area contributed by atoms with Gasteiger partial charge in [-0.2, -0.15) is 0 Å². The van der Waals surface area contributed by atoms with E-state index in [-0.39, 0.29) is 17.5 Å². The quantitative estimate of drug-likeness (QED) is 0.754. The van der Waals surface area contributed by atoms with Gasteiger partial charge in [-0.25, -0.2) is 4.98 Å². The van der Waals surface area contributed by atoms with Crippen LogP contribution < -0.4 is 5.56 Å². The molecule has 2 aliphatic rings. The van der Waals surface area contributed by atoms with Gasteiger partial charge in [-0.1, -0.05) is 42.1 Å². The van der Waals surface area contributed by atoms with Crippen molar-refractivity contribution in [3.63, 3.8) is 0 Å². The fourth-order valence-corrected chi connectivity index (χ4v) is 4.94. The summed E-state index contributed by atoms with van der Waals surface area (Å²) in [4.78, 5) is 33.8. The smallest absolute Gasteiger partial charge is 0.254 e. The summed E-state index contributed by atoms with van der Waals surface area (Å²) in [5, 5.41) is 0.741. The molecule has 1 aromatic carbocycles. The van der Waals surface area contributed by atoms with E-state index < -0.39 is 0 Å². The van der Waals surface area contributed by atoms with Gasteiger partial charge in [0.2, 0.25) is 5.91 Å². The molecule has 1 aromatic heterocycles. The Hall–Kier alpha value is -2.12. The molecule has 3 heterocycles. The summed E-state index contributed by atoms with van der Waals surface area (Å²) in [6.07, 6.45) is 0.378. The molecule has 27 heavy (non-hydrogen) atoms. The Labute approximate surface area is 163 Å². The second-order valence-corrected chi connectivity index (χ2v) is 8.19. The molecule has 0 aliphatic carbocycles. The van der Waals surface area contributed by atoms with Crippen LogP contribution in [-0.2, 0) is 11.3 Å². The molecular formula is C20H24N4O2S. The van der Waals surface area contributed by atoms with E-state index in [0.717, 1.165) is 49.3 Å². The molecule has 1 atom stereocenters. The van der Waals surface area contributed by atoms with Crippen LogP contribution in [0.25, 0.3) is 0 Å². The number of carbonyl (C=O) groups is 1. The zero-order valence-corrected chi connectivity index (χ0v) is 16.3. The Balaban J connectivity index is 1.33. The zero-order chi connectivity index (χ0) is 18.8. The van der Waals surface area contributed by atoms with Crippen LogP contribution in [0, 0.1) is 6.92 Å². The summed E-state index contributed by atoms with van der Waals surface area (Å²) in [6.45, 7) is 6.03. The van der Waals surface area contributed by atoms with Crippen molar-refractivity contribution in [1.82, 2.24) is 19.4 Å². The Morgan fingerprint density at radius 1 is 1.19 bits per heavy atom. The zero-order valence-electron chi connectivity index (χ0n) is 15.5. The van der Waals surface area contributed by atoms with Crippen molar-refractivity contribution in [2.45, 2.75) is 31.1 Å². The van der Waals surface area contributed by atoms with Crippen molar-refractivity contribution in [3.8, 4) is 0 Å². The van der Waals surface area contributed by atoms with Gasteiger partial charge in [0.1, 0.15) is 0 Å². The summed E-state index contributed by atoms with van der Waals surface area (Å²) in [5.74, 6) is 0.881. The number of fused-ring (bicyclic) bond motifs is 1. The lowest BCUT2D eigenvalue weighted by Gasteiger charge is -2.35. The second-order valence-electron chi connectivity index (χ2n) is 7.20. The summed E-state index contributed by atoms with van der Waals surface area (Å²) < 4.78 is 1.70. The van der Waals surface area contributed by atoms with Crippen LogP contribution in [0.1, 0.15) is 23.7 Å². The third-order valence-electron chi connectivity index (χ3n) is 5.20. The Morgan fingerprint density at radius 3 is 2.67 bits per heavy atom. The largest absolute Gasteiger partial charge is 0.340 e. The predicted octanol–water partition coefficient (Wildman–Crippen LogP) is 1.93. The van der Waals surface area contributed by atoms with E-state index in [2.05, 4.69) is 34.1 Å². The molecule has 6 nitrogen and oxygen atoms in total. The summed E-state index contributed by atoms with van der Waals surface area (Å²) in [5.41, 5.74) is 1.99. The normalized spacial score (nSPS) is 19.9. The van der Waals surface area contributed by atoms with Gasteiger partial charge >= 0.3 is 0 Å². The molecule has 1 amide bonds. The fourth-order valence-electron chi connectivity index (χ4n) is 3.74. The van der Waals surface area contributed by atoms with Crippen LogP contribution in [0.5, 0.6) is 0 Å². The maximum absolute atomic E-state index is 12.8. The van der Waals surface area contributed by atoms with Crippen LogP contribution in [0.15, 0.2) is 46.3 Å². The maximum atomic E-state index is 12.8. The highest BCUT2D eigenvalue weighted by Crippen LogP contribution is 2.32. The van der Waals surface area contributed by atoms with Crippen molar-refractivity contribution in [2.75, 3.05) is 31.9 Å². The molecule has 0 saturated carbocycles. The first kappa shape index (κ1) is 18.3. The Bertz CT molecular complexity index is 875. The van der Waals surface area contributed by atoms with Gasteiger partial charge in [0, 0.05) is 56.7 Å². The molecule has 0 bridgehead atoms. The molecule has 1 unspecified atom stereocenters. The predicted molar refractivity (Wildman–Crippen MR) is 106 cm³/mol. The first-order valence-corrected chi connectivity index (χ1v) is 10.4. The van der Waals surface area contributed by atoms with Gasteiger partial charge < -0.3 is 4.90 Å². The number of benzene rings is 1. The van der Waals surface area contributed by atoms with Crippen molar-refractivity contribution >= 4 is 17.7 Å². The minimum atomic E-state index is -0.0829. The molecule has 142 valence electrons. The molecular weight excluding hydrogens is 360 g/mol. The van der Waals surface area contributed by atoms with Gasteiger partial charge in [0.05, 0.1) is 6.04 Å². The number of hydrogen-bond donors (Lipinski definition) is 0. The van der Waals surface area contributed by atoms with E-state index in [0.29, 0.717) is 6.42 Å². The topological polar surface area (TPSA) is 58.4 Å². The number of piperazine rings is 1. The SMILES string of the molecule is Cc1cc(=O)n2c(n1)SCC2CC(=O)N1CCN(Cc2ccccc2)CC1. The highest BCUT2D eigenvalue weighted by atomic mass is 32.2. The summed E-state index contributed by atoms with van der Waals surface area (Å²) in [6, 6.07) is 11.9. The van der Waals surface area contributed by atoms with Gasteiger partial charge in [0.25, 0.3) is 5.56 Å². The third kappa shape index (κ3) is 4.09. The molecule has 4 rings (SSSR count). The lowest BCUT2D eigenvalue weighted by atomic mass is 10.1. The minimum Gasteiger partial charge on any atom is -0.340 e. The standard InChI is InChI=1S/C20H24N4O2S/c1-15-11-19(26)24-17(14-27-20(24)21-15)12-18(25)23-9-7-22(8-10-23)13-16-5-3-2-4-6-16/h2-6,11,17H,7-10,12-14H2,1H3. The van der Waals surface area contributed by atoms with Crippen molar-refractivity contribution < 1.29 is 4.79 Å². The molecule has 0 N–H and O–H groups in total. The van der Waals surface area contributed by atoms with E-state index in [1.54, 1.807) is 22.4 Å². The third-order valence-corrected chi connectivity index (χ3v) is 6.30. The Kier molecular flexibility index (Phi) is 5.31. The monoisotopic (exact) mass is 384 g/mol. The lowest BCUT2D eigenvalue weighted by molar-refractivity contribution is -0.133. The first-order valence-electron chi connectivity index (χ1n) is 9.37. The average molecular weight is 385 g/mol. The maximum Gasteiger partial charge on any atom is 0.254 e. The summed E-state index contributed by atoms with van der Waals surface area (Å²) >= 11 is 1.57. The Morgan fingerprint density at radius 2 is 1.93 bits per heavy atom. The highest BCUT2D eigenvalue weighted by Gasteiger charge is 2.30. The molecule has 2 aliphatic heterocycles. The van der Waals surface area contributed by atoms with Crippen LogP contribution in [-0.4, -0.2) is 57.2 Å². The van der Waals surface area contributed by atoms with Crippen LogP contribution in [0.3, 0.4) is 0 Å². The molecule has 2 aromatic rings. The minimum absolute atomic E-state index is 0.0482. The van der Waals surface area contributed by atoms with E-state index in [1.807, 2.05) is 17.9 Å². The molecule has 0 radical (unpaired) electrons. The number of aromatic nitrogens is 2. The van der Waals surface area contributed by atoms with E-state index in [4.69, 9.17) is 0 Å². The molecule has 1 fully saturated rings. The number of thioether (sulfide) groups is 1. The van der Waals surface area contributed by atoms with Crippen molar-refractivity contribution in [3.05, 3.63) is 58.0 Å². The second kappa shape index (κ2) is 7.86. The van der Waals surface area contributed by atoms with Crippen molar-refractivity contribution in [1.29, 1.82) is 0 Å². The number of aryl methyl sites for hydroxylation is 1. The highest BCUT2D eigenvalue weighted by molar-refractivity contribution is 7.99. The van der Waals surface area contributed by atoms with Crippen LogP contribution in [0.2, 0.25) is 0 Å². The number of rotatable bonds is 4. The van der Waals surface area contributed by atoms with Gasteiger partial charge in [-0.05, 0) is 12.5 Å². The number of nitrogens with zero attached hydrogens (tertiary/aromatic N) is 4. The first-order chi connectivity index (χ1) is 13.1. The van der Waals surface area contributed by atoms with Crippen LogP contribution in [0.4, 0.5) is 0 Å². The number of amides is 1. The fraction of sp³-hybridized carbons (Fsp3) is 0.450. The lowest BCUT2D eigenvalue weighted by Crippen LogP contribution is -2.48. The van der Waals surface area contributed by atoms with E-state index in [1.165, 1.54) is 5.56 Å². The van der Waals surface area contributed by atoms with E-state index >= 15 is 0 Å². The number of hydrogen-bond acceptors (Lipinski definition) is 5. The van der Waals surface area contributed by atoms with Gasteiger partial charge in [-0.3, -0.25) is 19.1 Å².